The monoisotopic (exact) mass is 1220 g/mol. The first-order chi connectivity index (χ1) is 47.6. The summed E-state index contributed by atoms with van der Waals surface area (Å²) in [5.74, 6) is 0. The molecule has 6 heteroatoms. The molecule has 96 heavy (non-hydrogen) atoms. The molecule has 0 bridgehead atoms. The molecule has 3 aromatic heterocycles. The molecule has 18 aromatic rings. The first-order valence-electron chi connectivity index (χ1n) is 32.9. The molecule has 0 saturated carbocycles. The number of hydrogen-bond donors (Lipinski definition) is 0. The molecule has 2 aliphatic rings. The highest BCUT2D eigenvalue weighted by Crippen LogP contribution is 2.55. The number of nitrogens with zero attached hydrogens (tertiary/aromatic N) is 2. The number of hydrogen-bond acceptors (Lipinski definition) is 5. The van der Waals surface area contributed by atoms with Gasteiger partial charge in [0.1, 0.15) is 33.5 Å². The lowest BCUT2D eigenvalue weighted by atomic mass is 9.33. The summed E-state index contributed by atoms with van der Waals surface area (Å²) in [4.78, 5) is 5.27. The molecule has 5 nitrogen and oxygen atoms in total. The van der Waals surface area contributed by atoms with E-state index < -0.39 is 0 Å². The summed E-state index contributed by atoms with van der Waals surface area (Å²) in [5.41, 5.74) is 30.7. The quantitative estimate of drug-likeness (QED) is 0.135. The molecule has 0 saturated heterocycles. The van der Waals surface area contributed by atoms with Crippen molar-refractivity contribution in [3.05, 3.63) is 334 Å². The van der Waals surface area contributed by atoms with Crippen LogP contribution in [0.1, 0.15) is 0 Å². The van der Waals surface area contributed by atoms with Crippen molar-refractivity contribution < 1.29 is 13.3 Å². The van der Waals surface area contributed by atoms with E-state index in [1.807, 2.05) is 0 Å². The van der Waals surface area contributed by atoms with Crippen LogP contribution >= 0.6 is 0 Å². The first kappa shape index (κ1) is 54.0. The van der Waals surface area contributed by atoms with Gasteiger partial charge in [-0.25, -0.2) is 0 Å². The van der Waals surface area contributed by atoms with Gasteiger partial charge in [-0.15, -0.1) is 0 Å². The van der Waals surface area contributed by atoms with Crippen molar-refractivity contribution in [1.82, 2.24) is 0 Å². The van der Waals surface area contributed by atoms with E-state index in [-0.39, 0.29) is 6.71 Å². The van der Waals surface area contributed by atoms with E-state index >= 15 is 0 Å². The summed E-state index contributed by atoms with van der Waals surface area (Å²) in [6.07, 6.45) is 0. The second kappa shape index (κ2) is 21.5. The van der Waals surface area contributed by atoms with Gasteiger partial charge < -0.3 is 23.1 Å². The summed E-state index contributed by atoms with van der Waals surface area (Å²) in [6, 6.07) is 122. The zero-order chi connectivity index (χ0) is 63.0. The molecule has 0 spiro atoms. The Balaban J connectivity index is 0.969. The molecule has 0 amide bonds. The van der Waals surface area contributed by atoms with Gasteiger partial charge in [0.05, 0.1) is 11.4 Å². The van der Waals surface area contributed by atoms with Gasteiger partial charge >= 0.3 is 0 Å². The van der Waals surface area contributed by atoms with E-state index in [9.17, 15) is 0 Å². The first-order valence-corrected chi connectivity index (χ1v) is 32.9. The second-order valence-electron chi connectivity index (χ2n) is 25.3. The lowest BCUT2D eigenvalue weighted by molar-refractivity contribution is 0.668. The van der Waals surface area contributed by atoms with Gasteiger partial charge in [-0.05, 0) is 139 Å². The number of rotatable bonds is 9. The number of fused-ring (bicyclic) bond motifs is 13. The van der Waals surface area contributed by atoms with Crippen LogP contribution in [0.15, 0.2) is 347 Å². The van der Waals surface area contributed by atoms with E-state index in [2.05, 4.69) is 343 Å². The Hall–Kier alpha value is -12.6. The maximum atomic E-state index is 6.68. The van der Waals surface area contributed by atoms with Crippen LogP contribution in [0.5, 0.6) is 0 Å². The van der Waals surface area contributed by atoms with Crippen LogP contribution in [0.3, 0.4) is 0 Å². The molecule has 0 aliphatic carbocycles. The standard InChI is InChI=1S/C90H55BN2O3/c1-5-23-56(24-6-1)66-36-19-37-67(57-25-7-2-8-26-57)89(66)92-76-48-45-61(64-34-21-43-84-86(64)71-32-14-17-41-81(71)95-84)52-74(76)91-75-53-62(65-35-22-44-85-87(65)72-33-15-18-42-82(72)96-85)46-49-77(75)93(90-68(58-27-9-3-10-28-58)38-20-39-69(90)59-29-11-4-12-30-59)79-55-63(54-78(92)88(79)91)60-47-50-83-73(51-60)70-31-13-16-40-80(70)94-83/h1-55H. The maximum absolute atomic E-state index is 6.68. The molecule has 0 fully saturated rings. The van der Waals surface area contributed by atoms with Crippen molar-refractivity contribution in [3.8, 4) is 77.9 Å². The molecule has 446 valence electrons. The van der Waals surface area contributed by atoms with Crippen molar-refractivity contribution in [2.45, 2.75) is 0 Å². The van der Waals surface area contributed by atoms with Crippen LogP contribution in [0.2, 0.25) is 0 Å². The lowest BCUT2D eigenvalue weighted by Gasteiger charge is -2.46. The van der Waals surface area contributed by atoms with Gasteiger partial charge in [-0.3, -0.25) is 0 Å². The van der Waals surface area contributed by atoms with Gasteiger partial charge in [-0.2, -0.15) is 0 Å². The van der Waals surface area contributed by atoms with Gasteiger partial charge in [0.15, 0.2) is 0 Å². The van der Waals surface area contributed by atoms with Gasteiger partial charge in [-0.1, -0.05) is 267 Å². The van der Waals surface area contributed by atoms with Crippen LogP contribution in [0.4, 0.5) is 34.1 Å². The Morgan fingerprint density at radius 3 is 1.00 bits per heavy atom. The average molecular weight is 1220 g/mol. The Labute approximate surface area is 554 Å². The number of furan rings is 3. The van der Waals surface area contributed by atoms with Gasteiger partial charge in [0, 0.05) is 77.3 Å². The minimum atomic E-state index is -0.324. The molecule has 15 aromatic carbocycles. The average Bonchev–Trinajstić information content (AvgIpc) is 0.895. The van der Waals surface area contributed by atoms with Crippen LogP contribution in [-0.4, -0.2) is 6.71 Å². The van der Waals surface area contributed by atoms with E-state index in [0.717, 1.165) is 178 Å². The summed E-state index contributed by atoms with van der Waals surface area (Å²) in [6.45, 7) is -0.324. The third-order valence-electron chi connectivity index (χ3n) is 20.1. The topological polar surface area (TPSA) is 45.9 Å². The van der Waals surface area contributed by atoms with E-state index in [0.29, 0.717) is 0 Å². The molecule has 0 radical (unpaired) electrons. The minimum Gasteiger partial charge on any atom is -0.456 e. The van der Waals surface area contributed by atoms with Crippen molar-refractivity contribution >= 4 is 123 Å². The summed E-state index contributed by atoms with van der Waals surface area (Å²) >= 11 is 0. The molecular formula is C90H55BN2O3. The van der Waals surface area contributed by atoms with Gasteiger partial charge in [0.2, 0.25) is 0 Å². The molecule has 0 N–H and O–H groups in total. The highest BCUT2D eigenvalue weighted by Gasteiger charge is 2.46. The highest BCUT2D eigenvalue weighted by molar-refractivity contribution is 7.00. The Morgan fingerprint density at radius 1 is 0.208 bits per heavy atom. The number of anilines is 6. The SMILES string of the molecule is c1ccc(-c2cccc(-c3ccccc3)c2N2c3ccc(-c4cccc5oc6ccccc6c45)cc3B3c4cc(-c5cccc6oc7ccccc7c56)ccc4N(c4c(-c5ccccc5)cccc4-c4ccccc4)c4cc(-c5ccc6oc7ccccc7c6c5)cc2c43)cc1. The molecular weight excluding hydrogens is 1170 g/mol. The Morgan fingerprint density at radius 2 is 0.552 bits per heavy atom. The zero-order valence-electron chi connectivity index (χ0n) is 52.0. The highest BCUT2D eigenvalue weighted by atomic mass is 16.3. The Kier molecular flexibility index (Phi) is 12.1. The molecule has 2 aliphatic heterocycles. The fourth-order valence-electron chi connectivity index (χ4n) is 15.9. The minimum absolute atomic E-state index is 0.324. The molecule has 0 unspecified atom stereocenters. The summed E-state index contributed by atoms with van der Waals surface area (Å²) in [5, 5.41) is 6.52. The van der Waals surface area contributed by atoms with Crippen molar-refractivity contribution in [1.29, 1.82) is 0 Å². The smallest absolute Gasteiger partial charge is 0.252 e. The fraction of sp³-hybridized carbons (Fsp3) is 0. The third kappa shape index (κ3) is 8.32. The zero-order valence-corrected chi connectivity index (χ0v) is 52.0. The van der Waals surface area contributed by atoms with Crippen LogP contribution < -0.4 is 26.2 Å². The van der Waals surface area contributed by atoms with Crippen molar-refractivity contribution in [2.75, 3.05) is 9.80 Å². The molecule has 5 heterocycles. The molecule has 20 rings (SSSR count). The van der Waals surface area contributed by atoms with E-state index in [4.69, 9.17) is 13.3 Å². The number of benzene rings is 15. The summed E-state index contributed by atoms with van der Waals surface area (Å²) in [7, 11) is 0. The van der Waals surface area contributed by atoms with Crippen molar-refractivity contribution in [3.63, 3.8) is 0 Å². The molecule has 0 atom stereocenters. The fourth-order valence-corrected chi connectivity index (χ4v) is 15.9. The van der Waals surface area contributed by atoms with E-state index in [1.165, 1.54) is 16.4 Å². The summed E-state index contributed by atoms with van der Waals surface area (Å²) < 4.78 is 19.9. The second-order valence-corrected chi connectivity index (χ2v) is 25.3. The lowest BCUT2D eigenvalue weighted by Crippen LogP contribution is -2.61. The predicted molar refractivity (Wildman–Crippen MR) is 400 cm³/mol. The predicted octanol–water partition coefficient (Wildman–Crippen LogP) is 23.1. The van der Waals surface area contributed by atoms with Crippen LogP contribution in [-0.2, 0) is 0 Å². The maximum Gasteiger partial charge on any atom is 0.252 e. The van der Waals surface area contributed by atoms with Crippen LogP contribution in [0.25, 0.3) is 144 Å². The van der Waals surface area contributed by atoms with Crippen molar-refractivity contribution in [2.24, 2.45) is 0 Å². The van der Waals surface area contributed by atoms with E-state index in [1.54, 1.807) is 0 Å². The van der Waals surface area contributed by atoms with Gasteiger partial charge in [0.25, 0.3) is 6.71 Å². The third-order valence-corrected chi connectivity index (χ3v) is 20.1. The number of para-hydroxylation sites is 5. The normalized spacial score (nSPS) is 12.5. The Bertz CT molecular complexity index is 5740. The van der Waals surface area contributed by atoms with Crippen LogP contribution in [0, 0.1) is 0 Å². The largest absolute Gasteiger partial charge is 0.456 e.